The number of amides is 3. The Morgan fingerprint density at radius 3 is 2.62 bits per heavy atom. The molecule has 0 radical (unpaired) electrons. The smallest absolute Gasteiger partial charge is 0.347 e. The van der Waals surface area contributed by atoms with Crippen molar-refractivity contribution in [2.45, 2.75) is 51.0 Å². The van der Waals surface area contributed by atoms with Crippen molar-refractivity contribution in [3.8, 4) is 0 Å². The third kappa shape index (κ3) is 4.35. The van der Waals surface area contributed by atoms with Crippen LogP contribution in [0.15, 0.2) is 18.2 Å². The van der Waals surface area contributed by atoms with Gasteiger partial charge in [-0.2, -0.15) is 13.2 Å². The van der Waals surface area contributed by atoms with Crippen LogP contribution in [0, 0.1) is 11.7 Å². The molecule has 1 aromatic rings. The summed E-state index contributed by atoms with van der Waals surface area (Å²) in [4.78, 5) is 38.7. The Morgan fingerprint density at radius 1 is 1.31 bits per heavy atom. The number of hydrogen-bond donors (Lipinski definition) is 2. The lowest BCUT2D eigenvalue weighted by molar-refractivity contribution is -0.147. The molecule has 10 heteroatoms. The zero-order valence-corrected chi connectivity index (χ0v) is 15.8. The molecule has 3 atom stereocenters. The molecular weight excluding hydrogens is 394 g/mol. The summed E-state index contributed by atoms with van der Waals surface area (Å²) < 4.78 is 52.0. The number of nitrogens with one attached hydrogen (secondary N) is 2. The predicted molar refractivity (Wildman–Crippen MR) is 94.2 cm³/mol. The summed E-state index contributed by atoms with van der Waals surface area (Å²) in [7, 11) is 0. The lowest BCUT2D eigenvalue weighted by Gasteiger charge is -2.35. The molecule has 3 amide bonds. The normalized spacial score (nSPS) is 24.5. The molecule has 0 saturated carbocycles. The Balaban J connectivity index is 1.71. The highest BCUT2D eigenvalue weighted by Gasteiger charge is 2.46. The molecule has 2 fully saturated rings. The SMILES string of the molecule is CC(C)C[C@H]1NC(=O)[C@@H]2C[C@H](NC(=O)c3ccc(F)c(C(F)(F)F)c3)CN2C1=O. The van der Waals surface area contributed by atoms with E-state index in [-0.39, 0.29) is 36.3 Å². The van der Waals surface area contributed by atoms with Crippen LogP contribution in [0.2, 0.25) is 0 Å². The zero-order valence-electron chi connectivity index (χ0n) is 15.8. The zero-order chi connectivity index (χ0) is 21.5. The van der Waals surface area contributed by atoms with Gasteiger partial charge in [0, 0.05) is 18.2 Å². The van der Waals surface area contributed by atoms with E-state index in [0.717, 1.165) is 6.07 Å². The Kier molecular flexibility index (Phi) is 5.55. The summed E-state index contributed by atoms with van der Waals surface area (Å²) in [6.07, 6.45) is -4.28. The summed E-state index contributed by atoms with van der Waals surface area (Å²) in [6, 6.07) is 0.0416. The minimum Gasteiger partial charge on any atom is -0.347 e. The Labute approximate surface area is 164 Å². The highest BCUT2D eigenvalue weighted by Crippen LogP contribution is 2.32. The van der Waals surface area contributed by atoms with Crippen molar-refractivity contribution < 1.29 is 31.9 Å². The number of carbonyl (C=O) groups is 3. The number of carbonyl (C=O) groups excluding carboxylic acids is 3. The van der Waals surface area contributed by atoms with Crippen LogP contribution in [-0.4, -0.2) is 47.3 Å². The average Bonchev–Trinajstić information content (AvgIpc) is 3.03. The molecule has 2 N–H and O–H groups in total. The fourth-order valence-electron chi connectivity index (χ4n) is 3.75. The minimum absolute atomic E-state index is 0.0879. The lowest BCUT2D eigenvalue weighted by atomic mass is 9.99. The monoisotopic (exact) mass is 415 g/mol. The van der Waals surface area contributed by atoms with Crippen LogP contribution < -0.4 is 10.6 Å². The molecule has 2 saturated heterocycles. The molecule has 2 heterocycles. The van der Waals surface area contributed by atoms with Crippen molar-refractivity contribution in [1.29, 1.82) is 0 Å². The highest BCUT2D eigenvalue weighted by atomic mass is 19.4. The first-order valence-corrected chi connectivity index (χ1v) is 9.26. The van der Waals surface area contributed by atoms with Crippen molar-refractivity contribution in [3.05, 3.63) is 35.1 Å². The molecule has 158 valence electrons. The van der Waals surface area contributed by atoms with Gasteiger partial charge in [0.1, 0.15) is 17.9 Å². The first-order chi connectivity index (χ1) is 13.5. The molecule has 0 spiro atoms. The third-order valence-corrected chi connectivity index (χ3v) is 5.08. The van der Waals surface area contributed by atoms with E-state index in [1.165, 1.54) is 4.90 Å². The fourth-order valence-corrected chi connectivity index (χ4v) is 3.75. The largest absolute Gasteiger partial charge is 0.419 e. The molecule has 6 nitrogen and oxygen atoms in total. The van der Waals surface area contributed by atoms with Gasteiger partial charge >= 0.3 is 6.18 Å². The molecule has 2 aliphatic rings. The maximum absolute atomic E-state index is 13.4. The van der Waals surface area contributed by atoms with Gasteiger partial charge in [-0.15, -0.1) is 0 Å². The number of rotatable bonds is 4. The average molecular weight is 415 g/mol. The van der Waals surface area contributed by atoms with Crippen molar-refractivity contribution >= 4 is 17.7 Å². The number of alkyl halides is 3. The number of benzene rings is 1. The maximum Gasteiger partial charge on any atom is 0.419 e. The van der Waals surface area contributed by atoms with Crippen molar-refractivity contribution in [3.63, 3.8) is 0 Å². The van der Waals surface area contributed by atoms with E-state index in [4.69, 9.17) is 0 Å². The van der Waals surface area contributed by atoms with E-state index in [2.05, 4.69) is 10.6 Å². The van der Waals surface area contributed by atoms with Crippen LogP contribution in [0.1, 0.15) is 42.6 Å². The van der Waals surface area contributed by atoms with Crippen LogP contribution in [-0.2, 0) is 15.8 Å². The molecule has 1 aromatic carbocycles. The van der Waals surface area contributed by atoms with Gasteiger partial charge in [-0.1, -0.05) is 13.8 Å². The Morgan fingerprint density at radius 2 is 2.00 bits per heavy atom. The number of nitrogens with zero attached hydrogens (tertiary/aromatic N) is 1. The maximum atomic E-state index is 13.4. The molecule has 0 bridgehead atoms. The van der Waals surface area contributed by atoms with E-state index in [9.17, 15) is 31.9 Å². The van der Waals surface area contributed by atoms with E-state index in [1.807, 2.05) is 13.8 Å². The summed E-state index contributed by atoms with van der Waals surface area (Å²) in [5.74, 6) is -2.65. The molecule has 0 unspecified atom stereocenters. The van der Waals surface area contributed by atoms with Gasteiger partial charge in [0.05, 0.1) is 5.56 Å². The molecule has 29 heavy (non-hydrogen) atoms. The Hall–Kier alpha value is -2.65. The summed E-state index contributed by atoms with van der Waals surface area (Å²) >= 11 is 0. The van der Waals surface area contributed by atoms with E-state index < -0.39 is 41.6 Å². The fraction of sp³-hybridized carbons (Fsp3) is 0.526. The second-order valence-corrected chi connectivity index (χ2v) is 7.80. The summed E-state index contributed by atoms with van der Waals surface area (Å²) in [5.41, 5.74) is -1.88. The molecule has 0 aromatic heterocycles. The lowest BCUT2D eigenvalue weighted by Crippen LogP contribution is -2.61. The number of halogens is 4. The van der Waals surface area contributed by atoms with Crippen LogP contribution in [0.5, 0.6) is 0 Å². The van der Waals surface area contributed by atoms with E-state index in [1.54, 1.807) is 0 Å². The molecule has 3 rings (SSSR count). The predicted octanol–water partition coefficient (Wildman–Crippen LogP) is 2.09. The molecule has 2 aliphatic heterocycles. The van der Waals surface area contributed by atoms with Crippen LogP contribution in [0.3, 0.4) is 0 Å². The van der Waals surface area contributed by atoms with Gasteiger partial charge in [-0.3, -0.25) is 14.4 Å². The van der Waals surface area contributed by atoms with Gasteiger partial charge in [0.15, 0.2) is 0 Å². The van der Waals surface area contributed by atoms with Crippen molar-refractivity contribution in [1.82, 2.24) is 15.5 Å². The first kappa shape index (κ1) is 21.1. The standard InChI is InChI=1S/C19H21F4N3O3/c1-9(2)5-14-18(29)26-8-11(7-15(26)17(28)25-14)24-16(27)10-3-4-13(20)12(6-10)19(21,22)23/h3-4,6,9,11,14-15H,5,7-8H2,1-2H3,(H,24,27)(H,25,28)/t11-,14+,15-/m0/s1. The minimum atomic E-state index is -4.93. The number of fused-ring (bicyclic) bond motifs is 1. The van der Waals surface area contributed by atoms with Crippen molar-refractivity contribution in [2.75, 3.05) is 6.54 Å². The topological polar surface area (TPSA) is 78.5 Å². The van der Waals surface area contributed by atoms with Gasteiger partial charge in [-0.25, -0.2) is 4.39 Å². The van der Waals surface area contributed by atoms with Gasteiger partial charge in [0.25, 0.3) is 5.91 Å². The number of piperazine rings is 1. The first-order valence-electron chi connectivity index (χ1n) is 9.26. The molecule has 0 aliphatic carbocycles. The third-order valence-electron chi connectivity index (χ3n) is 5.08. The van der Waals surface area contributed by atoms with Crippen LogP contribution in [0.4, 0.5) is 17.6 Å². The van der Waals surface area contributed by atoms with Crippen LogP contribution in [0.25, 0.3) is 0 Å². The van der Waals surface area contributed by atoms with E-state index >= 15 is 0 Å². The second kappa shape index (κ2) is 7.64. The number of hydrogen-bond acceptors (Lipinski definition) is 3. The summed E-state index contributed by atoms with van der Waals surface area (Å²) in [6.45, 7) is 3.94. The van der Waals surface area contributed by atoms with Crippen molar-refractivity contribution in [2.24, 2.45) is 5.92 Å². The van der Waals surface area contributed by atoms with Crippen LogP contribution >= 0.6 is 0 Å². The van der Waals surface area contributed by atoms with Gasteiger partial charge < -0.3 is 15.5 Å². The Bertz CT molecular complexity index is 840. The van der Waals surface area contributed by atoms with Gasteiger partial charge in [0.2, 0.25) is 11.8 Å². The van der Waals surface area contributed by atoms with E-state index in [0.29, 0.717) is 18.6 Å². The molecular formula is C19H21F4N3O3. The summed E-state index contributed by atoms with van der Waals surface area (Å²) in [5, 5.41) is 5.24. The van der Waals surface area contributed by atoms with Gasteiger partial charge in [-0.05, 0) is 37.0 Å². The highest BCUT2D eigenvalue weighted by molar-refractivity contribution is 5.98. The quantitative estimate of drug-likeness (QED) is 0.740. The second-order valence-electron chi connectivity index (χ2n) is 7.80.